The molecular weight excluding hydrogens is 166 g/mol. The molecule has 1 rings (SSSR count). The maximum Gasteiger partial charge on any atom is 0.0594 e. The Hall–Kier alpha value is -0.120. The Bertz CT molecular complexity index is 113. The van der Waals surface area contributed by atoms with E-state index in [1.807, 2.05) is 0 Å². The fourth-order valence-corrected chi connectivity index (χ4v) is 1.65. The molecule has 3 nitrogen and oxygen atoms in total. The summed E-state index contributed by atoms with van der Waals surface area (Å²) >= 11 is 0. The van der Waals surface area contributed by atoms with Crippen LogP contribution in [0, 0.1) is 0 Å². The van der Waals surface area contributed by atoms with E-state index in [0.717, 1.165) is 26.3 Å². The molecule has 1 saturated carbocycles. The van der Waals surface area contributed by atoms with E-state index in [0.29, 0.717) is 6.10 Å². The van der Waals surface area contributed by atoms with Gasteiger partial charge in [-0.2, -0.15) is 0 Å². The third-order valence-corrected chi connectivity index (χ3v) is 2.42. The van der Waals surface area contributed by atoms with Crippen molar-refractivity contribution in [1.82, 2.24) is 5.32 Å². The van der Waals surface area contributed by atoms with Crippen LogP contribution in [0.25, 0.3) is 0 Å². The van der Waals surface area contributed by atoms with Gasteiger partial charge in [0.15, 0.2) is 0 Å². The molecule has 0 atom stereocenters. The zero-order valence-corrected chi connectivity index (χ0v) is 8.55. The molecule has 0 aliphatic heterocycles. The first kappa shape index (κ1) is 11.0. The predicted octanol–water partition coefficient (Wildman–Crippen LogP) is 1.18. The summed E-state index contributed by atoms with van der Waals surface area (Å²) in [6.07, 6.45) is 5.77. The molecule has 78 valence electrons. The summed E-state index contributed by atoms with van der Waals surface area (Å²) in [5, 5.41) is 3.26. The number of rotatable bonds is 7. The van der Waals surface area contributed by atoms with E-state index in [9.17, 15) is 0 Å². The molecule has 0 heterocycles. The minimum absolute atomic E-state index is 0.546. The van der Waals surface area contributed by atoms with Crippen molar-refractivity contribution in [3.05, 3.63) is 0 Å². The molecule has 0 unspecified atom stereocenters. The maximum atomic E-state index is 5.68. The Morgan fingerprint density at radius 1 is 1.15 bits per heavy atom. The Morgan fingerprint density at radius 2 is 1.85 bits per heavy atom. The van der Waals surface area contributed by atoms with Gasteiger partial charge in [-0.1, -0.05) is 12.8 Å². The van der Waals surface area contributed by atoms with Gasteiger partial charge in [0.2, 0.25) is 0 Å². The minimum atomic E-state index is 0.546. The first-order chi connectivity index (χ1) is 6.43. The van der Waals surface area contributed by atoms with Crippen molar-refractivity contribution in [3.63, 3.8) is 0 Å². The second kappa shape index (κ2) is 7.30. The van der Waals surface area contributed by atoms with E-state index in [1.54, 1.807) is 7.11 Å². The third kappa shape index (κ3) is 5.24. The third-order valence-electron chi connectivity index (χ3n) is 2.42. The lowest BCUT2D eigenvalue weighted by molar-refractivity contribution is 0.0596. The lowest BCUT2D eigenvalue weighted by Crippen LogP contribution is -2.25. The molecule has 1 aliphatic carbocycles. The smallest absolute Gasteiger partial charge is 0.0594 e. The van der Waals surface area contributed by atoms with Crippen molar-refractivity contribution in [1.29, 1.82) is 0 Å². The first-order valence-electron chi connectivity index (χ1n) is 5.24. The van der Waals surface area contributed by atoms with Crippen molar-refractivity contribution in [2.45, 2.75) is 31.8 Å². The summed E-state index contributed by atoms with van der Waals surface area (Å²) in [5.41, 5.74) is 0. The van der Waals surface area contributed by atoms with Gasteiger partial charge in [-0.15, -0.1) is 0 Å². The van der Waals surface area contributed by atoms with Crippen LogP contribution in [0.5, 0.6) is 0 Å². The van der Waals surface area contributed by atoms with E-state index in [2.05, 4.69) is 5.32 Å². The Kier molecular flexibility index (Phi) is 6.15. The lowest BCUT2D eigenvalue weighted by atomic mass is 10.3. The van der Waals surface area contributed by atoms with Crippen molar-refractivity contribution < 1.29 is 9.47 Å². The predicted molar refractivity (Wildman–Crippen MR) is 53.0 cm³/mol. The second-order valence-electron chi connectivity index (χ2n) is 3.52. The van der Waals surface area contributed by atoms with Gasteiger partial charge in [-0.05, 0) is 12.8 Å². The highest BCUT2D eigenvalue weighted by Crippen LogP contribution is 2.20. The van der Waals surface area contributed by atoms with Crippen molar-refractivity contribution in [3.8, 4) is 0 Å². The van der Waals surface area contributed by atoms with E-state index in [-0.39, 0.29) is 0 Å². The Balaban J connectivity index is 1.78. The number of nitrogens with one attached hydrogen (secondary N) is 1. The Labute approximate surface area is 80.8 Å². The van der Waals surface area contributed by atoms with Gasteiger partial charge in [-0.25, -0.2) is 0 Å². The summed E-state index contributed by atoms with van der Waals surface area (Å²) in [7, 11) is 1.72. The average Bonchev–Trinajstić information content (AvgIpc) is 2.63. The summed E-state index contributed by atoms with van der Waals surface area (Å²) in [5.74, 6) is 0. The van der Waals surface area contributed by atoms with Gasteiger partial charge in [0.25, 0.3) is 0 Å². The van der Waals surface area contributed by atoms with Gasteiger partial charge in [0.1, 0.15) is 0 Å². The van der Waals surface area contributed by atoms with Crippen LogP contribution in [-0.4, -0.2) is 39.5 Å². The lowest BCUT2D eigenvalue weighted by Gasteiger charge is -2.11. The highest BCUT2D eigenvalue weighted by atomic mass is 16.5. The average molecular weight is 187 g/mol. The molecule has 0 aromatic rings. The van der Waals surface area contributed by atoms with Crippen molar-refractivity contribution >= 4 is 0 Å². The molecule has 0 spiro atoms. The minimum Gasteiger partial charge on any atom is -0.383 e. The van der Waals surface area contributed by atoms with Crippen LogP contribution < -0.4 is 5.32 Å². The van der Waals surface area contributed by atoms with Crippen LogP contribution >= 0.6 is 0 Å². The largest absolute Gasteiger partial charge is 0.383 e. The van der Waals surface area contributed by atoms with E-state index in [1.165, 1.54) is 25.7 Å². The van der Waals surface area contributed by atoms with Gasteiger partial charge in [-0.3, -0.25) is 0 Å². The van der Waals surface area contributed by atoms with Crippen LogP contribution in [-0.2, 0) is 9.47 Å². The van der Waals surface area contributed by atoms with E-state index in [4.69, 9.17) is 9.47 Å². The molecule has 0 bridgehead atoms. The molecular formula is C10H21NO2. The normalized spacial score (nSPS) is 18.2. The van der Waals surface area contributed by atoms with Crippen LogP contribution in [0.3, 0.4) is 0 Å². The molecule has 0 aromatic heterocycles. The molecule has 0 aromatic carbocycles. The molecule has 13 heavy (non-hydrogen) atoms. The summed E-state index contributed by atoms with van der Waals surface area (Å²) in [6, 6.07) is 0. The number of ether oxygens (including phenoxy) is 2. The number of hydrogen-bond acceptors (Lipinski definition) is 3. The van der Waals surface area contributed by atoms with Gasteiger partial charge < -0.3 is 14.8 Å². The molecule has 0 amide bonds. The SMILES string of the molecule is COCCNCCOC1CCCC1. The van der Waals surface area contributed by atoms with Crippen molar-refractivity contribution in [2.24, 2.45) is 0 Å². The quantitative estimate of drug-likeness (QED) is 0.607. The topological polar surface area (TPSA) is 30.5 Å². The van der Waals surface area contributed by atoms with E-state index >= 15 is 0 Å². The zero-order valence-electron chi connectivity index (χ0n) is 8.55. The molecule has 1 fully saturated rings. The standard InChI is InChI=1S/C10H21NO2/c1-12-8-6-11-7-9-13-10-4-2-3-5-10/h10-11H,2-9H2,1H3. The Morgan fingerprint density at radius 3 is 2.54 bits per heavy atom. The van der Waals surface area contributed by atoms with Crippen LogP contribution in [0.4, 0.5) is 0 Å². The molecule has 0 radical (unpaired) electrons. The molecule has 1 aliphatic rings. The van der Waals surface area contributed by atoms with Gasteiger partial charge in [0, 0.05) is 20.2 Å². The van der Waals surface area contributed by atoms with E-state index < -0.39 is 0 Å². The fourth-order valence-electron chi connectivity index (χ4n) is 1.65. The summed E-state index contributed by atoms with van der Waals surface area (Å²) in [4.78, 5) is 0. The highest BCUT2D eigenvalue weighted by molar-refractivity contribution is 4.66. The van der Waals surface area contributed by atoms with Crippen LogP contribution in [0.15, 0.2) is 0 Å². The first-order valence-corrected chi connectivity index (χ1v) is 5.24. The zero-order chi connectivity index (χ0) is 9.36. The maximum absolute atomic E-state index is 5.68. The number of hydrogen-bond donors (Lipinski definition) is 1. The summed E-state index contributed by atoms with van der Waals surface area (Å²) in [6.45, 7) is 3.49. The highest BCUT2D eigenvalue weighted by Gasteiger charge is 2.14. The molecule has 1 N–H and O–H groups in total. The second-order valence-corrected chi connectivity index (χ2v) is 3.52. The molecule has 3 heteroatoms. The van der Waals surface area contributed by atoms with Crippen molar-refractivity contribution in [2.75, 3.05) is 33.4 Å². The molecule has 0 saturated heterocycles. The monoisotopic (exact) mass is 187 g/mol. The fraction of sp³-hybridized carbons (Fsp3) is 1.00. The van der Waals surface area contributed by atoms with Crippen LogP contribution in [0.2, 0.25) is 0 Å². The van der Waals surface area contributed by atoms with Crippen LogP contribution in [0.1, 0.15) is 25.7 Å². The summed E-state index contributed by atoms with van der Waals surface area (Å²) < 4.78 is 10.6. The van der Waals surface area contributed by atoms with Gasteiger partial charge in [0.05, 0.1) is 19.3 Å². The van der Waals surface area contributed by atoms with Gasteiger partial charge >= 0.3 is 0 Å². The number of methoxy groups -OCH3 is 1.